The number of halogens is 1. The van der Waals surface area contributed by atoms with E-state index in [1.807, 2.05) is 17.9 Å². The number of nitrogens with one attached hydrogen (secondary N) is 1. The Bertz CT molecular complexity index is 305. The predicted octanol–water partition coefficient (Wildman–Crippen LogP) is 3.05. The van der Waals surface area contributed by atoms with Gasteiger partial charge in [-0.05, 0) is 22.4 Å². The second-order valence-corrected chi connectivity index (χ2v) is 5.28. The standard InChI is InChI=1S/C12H23BrN4/c1-3-4-5-6-7-8-11(16-14)12-10(13)9-15-17(12)2/h9,11,16H,3-8,14H2,1-2H3. The average molecular weight is 303 g/mol. The highest BCUT2D eigenvalue weighted by molar-refractivity contribution is 9.10. The van der Waals surface area contributed by atoms with Gasteiger partial charge in [0.05, 0.1) is 22.4 Å². The van der Waals surface area contributed by atoms with Gasteiger partial charge in [0.25, 0.3) is 0 Å². The first-order chi connectivity index (χ1) is 8.20. The van der Waals surface area contributed by atoms with Crippen LogP contribution >= 0.6 is 15.9 Å². The highest BCUT2D eigenvalue weighted by atomic mass is 79.9. The third kappa shape index (κ3) is 4.41. The molecule has 0 aliphatic carbocycles. The van der Waals surface area contributed by atoms with Crippen LogP contribution in [0.2, 0.25) is 0 Å². The van der Waals surface area contributed by atoms with Gasteiger partial charge in [-0.2, -0.15) is 5.10 Å². The van der Waals surface area contributed by atoms with Gasteiger partial charge in [0.1, 0.15) is 0 Å². The highest BCUT2D eigenvalue weighted by Crippen LogP contribution is 2.26. The summed E-state index contributed by atoms with van der Waals surface area (Å²) < 4.78 is 2.90. The molecule has 5 heteroatoms. The number of nitrogens with two attached hydrogens (primary N) is 1. The van der Waals surface area contributed by atoms with Crippen molar-refractivity contribution in [3.8, 4) is 0 Å². The first-order valence-corrected chi connectivity index (χ1v) is 7.13. The van der Waals surface area contributed by atoms with Gasteiger partial charge in [0, 0.05) is 7.05 Å². The van der Waals surface area contributed by atoms with Crippen molar-refractivity contribution in [1.29, 1.82) is 0 Å². The number of nitrogens with zero attached hydrogens (tertiary/aromatic N) is 2. The maximum absolute atomic E-state index is 5.63. The number of aryl methyl sites for hydroxylation is 1. The van der Waals surface area contributed by atoms with Crippen molar-refractivity contribution >= 4 is 15.9 Å². The van der Waals surface area contributed by atoms with Crippen LogP contribution in [0.5, 0.6) is 0 Å². The molecule has 0 saturated carbocycles. The van der Waals surface area contributed by atoms with E-state index in [2.05, 4.69) is 33.4 Å². The molecule has 0 aliphatic heterocycles. The lowest BCUT2D eigenvalue weighted by molar-refractivity contribution is 0.451. The summed E-state index contributed by atoms with van der Waals surface area (Å²) in [5.74, 6) is 5.63. The fraction of sp³-hybridized carbons (Fsp3) is 0.750. The smallest absolute Gasteiger partial charge is 0.0705 e. The Morgan fingerprint density at radius 2 is 2.12 bits per heavy atom. The van der Waals surface area contributed by atoms with Crippen LogP contribution in [0.15, 0.2) is 10.7 Å². The summed E-state index contributed by atoms with van der Waals surface area (Å²) in [5.41, 5.74) is 4.01. The number of hydrazine groups is 1. The second kappa shape index (κ2) is 7.84. The van der Waals surface area contributed by atoms with Gasteiger partial charge < -0.3 is 0 Å². The van der Waals surface area contributed by atoms with Crippen molar-refractivity contribution in [2.75, 3.05) is 0 Å². The van der Waals surface area contributed by atoms with Crippen LogP contribution in [0.3, 0.4) is 0 Å². The van der Waals surface area contributed by atoms with Gasteiger partial charge in [-0.3, -0.25) is 16.0 Å². The summed E-state index contributed by atoms with van der Waals surface area (Å²) in [4.78, 5) is 0. The summed E-state index contributed by atoms with van der Waals surface area (Å²) in [7, 11) is 1.95. The molecule has 0 spiro atoms. The Hall–Kier alpha value is -0.390. The van der Waals surface area contributed by atoms with E-state index < -0.39 is 0 Å². The fourth-order valence-corrected chi connectivity index (χ4v) is 2.69. The lowest BCUT2D eigenvalue weighted by Crippen LogP contribution is -2.29. The van der Waals surface area contributed by atoms with Crippen molar-refractivity contribution in [3.63, 3.8) is 0 Å². The maximum Gasteiger partial charge on any atom is 0.0705 e. The SMILES string of the molecule is CCCCCCCC(NN)c1c(Br)cnn1C. The van der Waals surface area contributed by atoms with Crippen LogP contribution < -0.4 is 11.3 Å². The number of hydrogen-bond acceptors (Lipinski definition) is 3. The molecule has 4 nitrogen and oxygen atoms in total. The average Bonchev–Trinajstić information content (AvgIpc) is 2.65. The zero-order valence-electron chi connectivity index (χ0n) is 10.7. The molecule has 98 valence electrons. The largest absolute Gasteiger partial charge is 0.271 e. The Labute approximate surface area is 112 Å². The Morgan fingerprint density at radius 3 is 2.65 bits per heavy atom. The molecule has 1 heterocycles. The molecule has 0 amide bonds. The van der Waals surface area contributed by atoms with E-state index in [4.69, 9.17) is 5.84 Å². The molecular weight excluding hydrogens is 280 g/mol. The zero-order valence-corrected chi connectivity index (χ0v) is 12.3. The van der Waals surface area contributed by atoms with Crippen LogP contribution in [0.1, 0.15) is 57.2 Å². The van der Waals surface area contributed by atoms with Gasteiger partial charge >= 0.3 is 0 Å². The van der Waals surface area contributed by atoms with E-state index in [1.165, 1.54) is 32.1 Å². The first-order valence-electron chi connectivity index (χ1n) is 6.34. The number of unbranched alkanes of at least 4 members (excludes halogenated alkanes) is 4. The number of hydrogen-bond donors (Lipinski definition) is 2. The van der Waals surface area contributed by atoms with Crippen LogP contribution in [0.25, 0.3) is 0 Å². The van der Waals surface area contributed by atoms with Gasteiger partial charge in [-0.25, -0.2) is 0 Å². The zero-order chi connectivity index (χ0) is 12.7. The molecule has 0 bridgehead atoms. The van der Waals surface area contributed by atoms with Crippen molar-refractivity contribution in [3.05, 3.63) is 16.4 Å². The summed E-state index contributed by atoms with van der Waals surface area (Å²) in [6, 6.07) is 0.179. The third-order valence-electron chi connectivity index (χ3n) is 3.07. The Morgan fingerprint density at radius 1 is 1.41 bits per heavy atom. The normalized spacial score (nSPS) is 12.9. The van der Waals surface area contributed by atoms with Gasteiger partial charge in [0.2, 0.25) is 0 Å². The summed E-state index contributed by atoms with van der Waals surface area (Å²) in [6.45, 7) is 2.23. The first kappa shape index (κ1) is 14.7. The van der Waals surface area contributed by atoms with Crippen molar-refractivity contribution < 1.29 is 0 Å². The third-order valence-corrected chi connectivity index (χ3v) is 3.68. The molecule has 1 atom stereocenters. The Kier molecular flexibility index (Phi) is 6.77. The molecule has 0 fully saturated rings. The lowest BCUT2D eigenvalue weighted by atomic mass is 10.0. The lowest BCUT2D eigenvalue weighted by Gasteiger charge is -2.16. The van der Waals surface area contributed by atoms with Crippen molar-refractivity contribution in [2.24, 2.45) is 12.9 Å². The van der Waals surface area contributed by atoms with Gasteiger partial charge in [0.15, 0.2) is 0 Å². The van der Waals surface area contributed by atoms with E-state index in [-0.39, 0.29) is 6.04 Å². The monoisotopic (exact) mass is 302 g/mol. The van der Waals surface area contributed by atoms with Crippen molar-refractivity contribution in [1.82, 2.24) is 15.2 Å². The molecule has 0 radical (unpaired) electrons. The summed E-state index contributed by atoms with van der Waals surface area (Å²) in [6.07, 6.45) is 9.28. The molecular formula is C12H23BrN4. The molecule has 0 aromatic carbocycles. The van der Waals surface area contributed by atoms with E-state index in [0.717, 1.165) is 16.6 Å². The minimum absolute atomic E-state index is 0.179. The molecule has 0 saturated heterocycles. The summed E-state index contributed by atoms with van der Waals surface area (Å²) in [5, 5.41) is 4.22. The number of aromatic nitrogens is 2. The van der Waals surface area contributed by atoms with Crippen molar-refractivity contribution in [2.45, 2.75) is 51.5 Å². The maximum atomic E-state index is 5.63. The minimum Gasteiger partial charge on any atom is -0.271 e. The van der Waals surface area contributed by atoms with E-state index in [0.29, 0.717) is 0 Å². The highest BCUT2D eigenvalue weighted by Gasteiger charge is 2.16. The van der Waals surface area contributed by atoms with Crippen LogP contribution in [0, 0.1) is 0 Å². The van der Waals surface area contributed by atoms with Crippen LogP contribution in [0.4, 0.5) is 0 Å². The molecule has 1 rings (SSSR count). The molecule has 0 aliphatic rings. The van der Waals surface area contributed by atoms with Gasteiger partial charge in [-0.1, -0.05) is 39.0 Å². The predicted molar refractivity (Wildman–Crippen MR) is 74.3 cm³/mol. The van der Waals surface area contributed by atoms with Crippen LogP contribution in [-0.2, 0) is 7.05 Å². The van der Waals surface area contributed by atoms with E-state index >= 15 is 0 Å². The molecule has 3 N–H and O–H groups in total. The molecule has 1 aromatic rings. The van der Waals surface area contributed by atoms with Gasteiger partial charge in [-0.15, -0.1) is 0 Å². The van der Waals surface area contributed by atoms with Crippen LogP contribution in [-0.4, -0.2) is 9.78 Å². The quantitative estimate of drug-likeness (QED) is 0.441. The fourth-order valence-electron chi connectivity index (χ4n) is 2.06. The minimum atomic E-state index is 0.179. The van der Waals surface area contributed by atoms with E-state index in [1.54, 1.807) is 0 Å². The Balaban J connectivity index is 2.43. The molecule has 1 unspecified atom stereocenters. The molecule has 17 heavy (non-hydrogen) atoms. The topological polar surface area (TPSA) is 55.9 Å². The second-order valence-electron chi connectivity index (χ2n) is 4.42. The summed E-state index contributed by atoms with van der Waals surface area (Å²) >= 11 is 3.51. The van der Waals surface area contributed by atoms with E-state index in [9.17, 15) is 0 Å². The molecule has 1 aromatic heterocycles. The number of rotatable bonds is 8.